The monoisotopic (exact) mass is 530 g/mol. The Labute approximate surface area is 218 Å². The fourth-order valence-electron chi connectivity index (χ4n) is 4.30. The summed E-state index contributed by atoms with van der Waals surface area (Å²) >= 11 is 0. The minimum absolute atomic E-state index is 0. The molecule has 2 heterocycles. The number of piperidine rings is 1. The average molecular weight is 531 g/mol. The van der Waals surface area contributed by atoms with Crippen molar-refractivity contribution in [2.75, 3.05) is 19.6 Å². The van der Waals surface area contributed by atoms with E-state index >= 15 is 0 Å². The summed E-state index contributed by atoms with van der Waals surface area (Å²) in [6, 6.07) is 7.67. The van der Waals surface area contributed by atoms with Crippen LogP contribution in [0.2, 0.25) is 0 Å². The Morgan fingerprint density at radius 2 is 1.97 bits per heavy atom. The van der Waals surface area contributed by atoms with Crippen LogP contribution in [0.4, 0.5) is 0 Å². The second-order valence-electron chi connectivity index (χ2n) is 8.50. The molecule has 0 bridgehead atoms. The van der Waals surface area contributed by atoms with Gasteiger partial charge in [0.25, 0.3) is 0 Å². The Kier molecular flexibility index (Phi) is 13.4. The van der Waals surface area contributed by atoms with Gasteiger partial charge in [-0.2, -0.15) is 0 Å². The summed E-state index contributed by atoms with van der Waals surface area (Å²) in [6.45, 7) is 1.48. The molecule has 3 rings (SSSR count). The van der Waals surface area contributed by atoms with Crippen LogP contribution in [-0.2, 0) is 14.4 Å². The van der Waals surface area contributed by atoms with Crippen molar-refractivity contribution >= 4 is 48.9 Å². The van der Waals surface area contributed by atoms with Gasteiger partial charge in [-0.15, -0.1) is 24.8 Å². The fourth-order valence-corrected chi connectivity index (χ4v) is 4.30. The number of benzene rings is 1. The van der Waals surface area contributed by atoms with E-state index in [9.17, 15) is 14.4 Å². The molecule has 1 aromatic carbocycles. The lowest BCUT2D eigenvalue weighted by Gasteiger charge is -2.30. The Morgan fingerprint density at radius 1 is 1.23 bits per heavy atom. The number of guanidine groups is 1. The van der Waals surface area contributed by atoms with Crippen molar-refractivity contribution in [3.05, 3.63) is 30.3 Å². The number of para-hydroxylation sites is 1. The number of ether oxygens (including phenoxy) is 1. The maximum atomic E-state index is 13.3. The number of nitrogens with zero attached hydrogens (tertiary/aromatic N) is 2. The summed E-state index contributed by atoms with van der Waals surface area (Å²) in [6.07, 6.45) is 4.45. The van der Waals surface area contributed by atoms with Gasteiger partial charge < -0.3 is 36.5 Å². The predicted molar refractivity (Wildman–Crippen MR) is 139 cm³/mol. The van der Waals surface area contributed by atoms with Gasteiger partial charge in [0.1, 0.15) is 24.2 Å². The Balaban J connectivity index is 0.00000306. The van der Waals surface area contributed by atoms with Crippen LogP contribution >= 0.6 is 24.8 Å². The number of rotatable bonds is 10. The van der Waals surface area contributed by atoms with Crippen LogP contribution in [-0.4, -0.2) is 72.8 Å². The van der Waals surface area contributed by atoms with Crippen LogP contribution in [0.5, 0.6) is 5.75 Å². The molecule has 2 fully saturated rings. The summed E-state index contributed by atoms with van der Waals surface area (Å²) in [4.78, 5) is 43.4. The van der Waals surface area contributed by atoms with Gasteiger partial charge in [-0.1, -0.05) is 24.6 Å². The molecule has 6 N–H and O–H groups in total. The molecule has 196 valence electrons. The number of nitrogens with one attached hydrogen (secondary N) is 2. The Morgan fingerprint density at radius 3 is 2.60 bits per heavy atom. The molecule has 2 aliphatic heterocycles. The van der Waals surface area contributed by atoms with Gasteiger partial charge in [0, 0.05) is 13.0 Å². The molecule has 10 nitrogen and oxygen atoms in total. The number of carbonyl (C=O) groups excluding carboxylic acids is 3. The van der Waals surface area contributed by atoms with E-state index < -0.39 is 12.1 Å². The minimum Gasteiger partial charge on any atom is -0.488 e. The lowest BCUT2D eigenvalue weighted by molar-refractivity contribution is -0.141. The first-order valence-electron chi connectivity index (χ1n) is 11.5. The standard InChI is InChI=1S/C23H34N6O4.2ClH/c24-23(25)27-12-6-7-16(15-30)28-21(31)20-13-18(33-17-8-2-1-3-9-17)14-29(20)22(32)19-10-4-5-11-26-19;;/h1-3,8-9,15-16,18-20,26H,4-7,10-14H2,(H,28,31)(H4,24,25,27);2*1H/t16-,18+,19-,20+;;/m1../s1. The van der Waals surface area contributed by atoms with Crippen molar-refractivity contribution in [1.29, 1.82) is 0 Å². The van der Waals surface area contributed by atoms with Crippen molar-refractivity contribution < 1.29 is 19.1 Å². The van der Waals surface area contributed by atoms with Gasteiger partial charge in [0.05, 0.1) is 18.6 Å². The summed E-state index contributed by atoms with van der Waals surface area (Å²) in [5.74, 6) is 0.238. The van der Waals surface area contributed by atoms with Crippen LogP contribution in [0.25, 0.3) is 0 Å². The van der Waals surface area contributed by atoms with E-state index in [0.29, 0.717) is 44.4 Å². The number of halogens is 2. The summed E-state index contributed by atoms with van der Waals surface area (Å²) < 4.78 is 6.05. The van der Waals surface area contributed by atoms with Gasteiger partial charge >= 0.3 is 0 Å². The molecule has 2 saturated heterocycles. The number of hydrogen-bond donors (Lipinski definition) is 4. The molecule has 4 atom stereocenters. The van der Waals surface area contributed by atoms with Crippen LogP contribution in [0.3, 0.4) is 0 Å². The molecule has 2 amide bonds. The molecule has 0 unspecified atom stereocenters. The number of nitrogens with two attached hydrogens (primary N) is 2. The van der Waals surface area contributed by atoms with Crippen molar-refractivity contribution in [2.24, 2.45) is 16.5 Å². The zero-order valence-electron chi connectivity index (χ0n) is 19.6. The molecule has 35 heavy (non-hydrogen) atoms. The highest BCUT2D eigenvalue weighted by molar-refractivity contribution is 5.91. The molecule has 2 aliphatic rings. The summed E-state index contributed by atoms with van der Waals surface area (Å²) in [7, 11) is 0. The lowest BCUT2D eigenvalue weighted by Crippen LogP contribution is -2.54. The second kappa shape index (κ2) is 15.4. The maximum absolute atomic E-state index is 13.3. The topological polar surface area (TPSA) is 152 Å². The number of hydrogen-bond acceptors (Lipinski definition) is 6. The zero-order valence-corrected chi connectivity index (χ0v) is 21.3. The van der Waals surface area contributed by atoms with E-state index in [1.807, 2.05) is 30.3 Å². The van der Waals surface area contributed by atoms with Crippen molar-refractivity contribution in [2.45, 2.75) is 62.8 Å². The Hall–Kier alpha value is -2.56. The average Bonchev–Trinajstić information content (AvgIpc) is 3.25. The largest absolute Gasteiger partial charge is 0.488 e. The Bertz CT molecular complexity index is 835. The van der Waals surface area contributed by atoms with Crippen molar-refractivity contribution in [3.8, 4) is 5.75 Å². The van der Waals surface area contributed by atoms with Crippen LogP contribution < -0.4 is 26.8 Å². The number of aliphatic imine (C=N–C) groups is 1. The zero-order chi connectivity index (χ0) is 23.6. The first-order chi connectivity index (χ1) is 16.0. The highest BCUT2D eigenvalue weighted by atomic mass is 35.5. The number of aldehydes is 1. The maximum Gasteiger partial charge on any atom is 0.243 e. The molecule has 0 aliphatic carbocycles. The third-order valence-corrected chi connectivity index (χ3v) is 5.96. The summed E-state index contributed by atoms with van der Waals surface area (Å²) in [5, 5.41) is 6.04. The van der Waals surface area contributed by atoms with E-state index in [2.05, 4.69) is 15.6 Å². The van der Waals surface area contributed by atoms with Crippen molar-refractivity contribution in [3.63, 3.8) is 0 Å². The van der Waals surface area contributed by atoms with E-state index in [1.54, 1.807) is 4.90 Å². The summed E-state index contributed by atoms with van der Waals surface area (Å²) in [5.41, 5.74) is 10.6. The van der Waals surface area contributed by atoms with Crippen LogP contribution in [0, 0.1) is 0 Å². The van der Waals surface area contributed by atoms with Gasteiger partial charge in [0.2, 0.25) is 11.8 Å². The molecule has 0 radical (unpaired) electrons. The molecular formula is C23H36Cl2N6O4. The van der Waals surface area contributed by atoms with E-state index in [1.165, 1.54) is 0 Å². The molecule has 12 heteroatoms. The molecular weight excluding hydrogens is 495 g/mol. The van der Waals surface area contributed by atoms with Gasteiger partial charge in [0.15, 0.2) is 5.96 Å². The van der Waals surface area contributed by atoms with Gasteiger partial charge in [-0.25, -0.2) is 0 Å². The third kappa shape index (κ3) is 9.19. The van der Waals surface area contributed by atoms with E-state index in [-0.39, 0.29) is 54.7 Å². The van der Waals surface area contributed by atoms with Gasteiger partial charge in [-0.3, -0.25) is 14.6 Å². The first-order valence-corrected chi connectivity index (χ1v) is 11.5. The second-order valence-corrected chi connectivity index (χ2v) is 8.50. The smallest absolute Gasteiger partial charge is 0.243 e. The minimum atomic E-state index is -0.699. The first kappa shape index (κ1) is 30.5. The highest BCUT2D eigenvalue weighted by Gasteiger charge is 2.43. The quantitative estimate of drug-likeness (QED) is 0.151. The third-order valence-electron chi connectivity index (χ3n) is 5.96. The predicted octanol–water partition coefficient (Wildman–Crippen LogP) is 0.758. The van der Waals surface area contributed by atoms with Gasteiger partial charge in [-0.05, 0) is 44.4 Å². The van der Waals surface area contributed by atoms with Crippen LogP contribution in [0.1, 0.15) is 38.5 Å². The van der Waals surface area contributed by atoms with E-state index in [4.69, 9.17) is 16.2 Å². The molecule has 0 spiro atoms. The van der Waals surface area contributed by atoms with Crippen molar-refractivity contribution in [1.82, 2.24) is 15.5 Å². The van der Waals surface area contributed by atoms with E-state index in [0.717, 1.165) is 25.8 Å². The van der Waals surface area contributed by atoms with Crippen LogP contribution in [0.15, 0.2) is 35.3 Å². The fraction of sp³-hybridized carbons (Fsp3) is 0.565. The SMILES string of the molecule is Cl.Cl.NC(N)=NCCC[C@H](C=O)NC(=O)[C@@H]1C[C@H](Oc2ccccc2)CN1C(=O)[C@H]1CCCCN1. The molecule has 0 saturated carbocycles. The highest BCUT2D eigenvalue weighted by Crippen LogP contribution is 2.25. The lowest BCUT2D eigenvalue weighted by atomic mass is 10.0. The normalized spacial score (nSPS) is 22.1. The molecule has 0 aromatic heterocycles. The molecule has 1 aromatic rings. The number of carbonyl (C=O) groups is 3. The number of amides is 2. The number of likely N-dealkylation sites (tertiary alicyclic amines) is 1.